The van der Waals surface area contributed by atoms with Gasteiger partial charge in [-0.05, 0) is 75.9 Å². The molecule has 0 saturated heterocycles. The first kappa shape index (κ1) is 29.4. The summed E-state index contributed by atoms with van der Waals surface area (Å²) >= 11 is 0. The molecule has 0 aromatic heterocycles. The summed E-state index contributed by atoms with van der Waals surface area (Å²) in [7, 11) is 1.37. The van der Waals surface area contributed by atoms with Gasteiger partial charge in [-0.1, -0.05) is 44.1 Å². The highest BCUT2D eigenvalue weighted by Crippen LogP contribution is 2.38. The van der Waals surface area contributed by atoms with Gasteiger partial charge < -0.3 is 23.4 Å². The topological polar surface area (TPSA) is 46.2 Å². The van der Waals surface area contributed by atoms with Crippen molar-refractivity contribution in [2.45, 2.75) is 85.5 Å². The van der Waals surface area contributed by atoms with Gasteiger partial charge in [-0.2, -0.15) is 0 Å². The lowest BCUT2D eigenvalue weighted by atomic mass is 10.0. The lowest BCUT2D eigenvalue weighted by molar-refractivity contribution is 0.0446. The largest absolute Gasteiger partial charge is 0.467 e. The van der Waals surface area contributed by atoms with Crippen LogP contribution in [0.5, 0.6) is 11.5 Å². The molecule has 5 nitrogen and oxygen atoms in total. The van der Waals surface area contributed by atoms with Gasteiger partial charge in [0.25, 0.3) is 0 Å². The molecule has 0 fully saturated rings. The Balaban J connectivity index is 3.22. The van der Waals surface area contributed by atoms with Crippen molar-refractivity contribution in [2.75, 3.05) is 27.8 Å². The summed E-state index contributed by atoms with van der Waals surface area (Å²) in [6.07, 6.45) is 7.32. The first-order chi connectivity index (χ1) is 15.4. The molecule has 0 spiro atoms. The molecule has 0 aliphatic carbocycles. The van der Waals surface area contributed by atoms with Crippen LogP contribution >= 0.6 is 0 Å². The van der Waals surface area contributed by atoms with E-state index in [4.69, 9.17) is 23.4 Å². The van der Waals surface area contributed by atoms with Gasteiger partial charge >= 0.3 is 0 Å². The maximum Gasteiger partial charge on any atom is 0.192 e. The molecule has 0 N–H and O–H groups in total. The van der Waals surface area contributed by atoms with Crippen LogP contribution in [-0.2, 0) is 26.9 Å². The molecule has 0 heterocycles. The number of methoxy groups -OCH3 is 2. The number of benzene rings is 1. The monoisotopic (exact) mass is 478 g/mol. The lowest BCUT2D eigenvalue weighted by Crippen LogP contribution is -2.40. The van der Waals surface area contributed by atoms with E-state index in [-0.39, 0.29) is 18.6 Å². The lowest BCUT2D eigenvalue weighted by Gasteiger charge is -2.36. The molecule has 33 heavy (non-hydrogen) atoms. The number of ether oxygens (including phenoxy) is 4. The van der Waals surface area contributed by atoms with Crippen LogP contribution in [-0.4, -0.2) is 36.1 Å². The van der Waals surface area contributed by atoms with Crippen molar-refractivity contribution in [3.05, 3.63) is 46.6 Å². The maximum atomic E-state index is 6.45. The van der Waals surface area contributed by atoms with Crippen LogP contribution in [0, 0.1) is 0 Å². The van der Waals surface area contributed by atoms with Crippen molar-refractivity contribution >= 4 is 8.32 Å². The molecule has 0 atom stereocenters. The molecule has 6 heteroatoms. The van der Waals surface area contributed by atoms with Crippen LogP contribution in [0.2, 0.25) is 18.1 Å². The van der Waals surface area contributed by atoms with E-state index < -0.39 is 8.32 Å². The fraction of sp³-hybridized carbons (Fsp3) is 0.630. The summed E-state index contributed by atoms with van der Waals surface area (Å²) in [4.78, 5) is 0. The van der Waals surface area contributed by atoms with Gasteiger partial charge in [0.05, 0.1) is 6.61 Å². The van der Waals surface area contributed by atoms with Gasteiger partial charge in [0, 0.05) is 19.8 Å². The predicted octanol–water partition coefficient (Wildman–Crippen LogP) is 7.41. The third-order valence-corrected chi connectivity index (χ3v) is 10.5. The minimum atomic E-state index is -1.88. The van der Waals surface area contributed by atoms with Crippen LogP contribution in [0.1, 0.15) is 65.5 Å². The number of rotatable bonds is 14. The average molecular weight is 479 g/mol. The second-order valence-corrected chi connectivity index (χ2v) is 15.1. The quantitative estimate of drug-likeness (QED) is 0.158. The van der Waals surface area contributed by atoms with Crippen LogP contribution in [0.15, 0.2) is 35.4 Å². The first-order valence-electron chi connectivity index (χ1n) is 11.7. The van der Waals surface area contributed by atoms with E-state index in [9.17, 15) is 0 Å². The van der Waals surface area contributed by atoms with Crippen LogP contribution in [0.25, 0.3) is 0 Å². The van der Waals surface area contributed by atoms with Crippen LogP contribution in [0.4, 0.5) is 0 Å². The highest BCUT2D eigenvalue weighted by atomic mass is 28.4. The van der Waals surface area contributed by atoms with Crippen molar-refractivity contribution < 1.29 is 23.4 Å². The molecule has 188 valence electrons. The molecule has 0 bridgehead atoms. The molecular formula is C27H46O5Si. The highest BCUT2D eigenvalue weighted by molar-refractivity contribution is 6.74. The molecule has 1 rings (SSSR count). The SMILES string of the molecule is COCOc1cc(CO[Si](C)(C)C(C)(C)C)cc(OCOC)c1C/C=C(\C)CCC=C(C)C. The third-order valence-electron chi connectivity index (χ3n) is 6.04. The molecule has 0 amide bonds. The minimum Gasteiger partial charge on any atom is -0.467 e. The zero-order valence-electron chi connectivity index (χ0n) is 22.6. The summed E-state index contributed by atoms with van der Waals surface area (Å²) in [5, 5.41) is 0.144. The van der Waals surface area contributed by atoms with Gasteiger partial charge in [0.1, 0.15) is 11.5 Å². The van der Waals surface area contributed by atoms with E-state index >= 15 is 0 Å². The molecule has 0 saturated carbocycles. The Bertz CT molecular complexity index is 757. The van der Waals surface area contributed by atoms with E-state index in [0.717, 1.165) is 35.5 Å². The van der Waals surface area contributed by atoms with E-state index in [1.165, 1.54) is 11.1 Å². The Labute approximate surface area is 203 Å². The van der Waals surface area contributed by atoms with Gasteiger partial charge in [-0.25, -0.2) is 0 Å². The number of hydrogen-bond donors (Lipinski definition) is 0. The zero-order valence-corrected chi connectivity index (χ0v) is 23.6. The van der Waals surface area contributed by atoms with Crippen LogP contribution < -0.4 is 9.47 Å². The van der Waals surface area contributed by atoms with Gasteiger partial charge in [-0.3, -0.25) is 0 Å². The van der Waals surface area contributed by atoms with E-state index in [1.807, 2.05) is 12.1 Å². The minimum absolute atomic E-state index is 0.144. The second kappa shape index (κ2) is 13.9. The van der Waals surface area contributed by atoms with Crippen molar-refractivity contribution in [2.24, 2.45) is 0 Å². The average Bonchev–Trinajstić information content (AvgIpc) is 2.72. The number of hydrogen-bond acceptors (Lipinski definition) is 5. The van der Waals surface area contributed by atoms with E-state index in [0.29, 0.717) is 13.0 Å². The Morgan fingerprint density at radius 1 is 0.909 bits per heavy atom. The highest BCUT2D eigenvalue weighted by Gasteiger charge is 2.37. The predicted molar refractivity (Wildman–Crippen MR) is 140 cm³/mol. The molecule has 0 unspecified atom stereocenters. The summed E-state index contributed by atoms with van der Waals surface area (Å²) in [5.41, 5.74) is 4.70. The van der Waals surface area contributed by atoms with Crippen molar-refractivity contribution in [3.63, 3.8) is 0 Å². The summed E-state index contributed by atoms with van der Waals surface area (Å²) in [6.45, 7) is 18.6. The Hall–Kier alpha value is -1.60. The maximum absolute atomic E-state index is 6.45. The Morgan fingerprint density at radius 2 is 1.45 bits per heavy atom. The Morgan fingerprint density at radius 3 is 1.91 bits per heavy atom. The molecule has 1 aromatic carbocycles. The molecule has 1 aromatic rings. The summed E-state index contributed by atoms with van der Waals surface area (Å²) in [5.74, 6) is 1.51. The second-order valence-electron chi connectivity index (χ2n) is 10.3. The van der Waals surface area contributed by atoms with Gasteiger partial charge in [-0.15, -0.1) is 0 Å². The number of allylic oxidation sites excluding steroid dienone is 4. The fourth-order valence-corrected chi connectivity index (χ4v) is 3.87. The van der Waals surface area contributed by atoms with E-state index in [1.54, 1.807) is 14.2 Å². The Kier molecular flexibility index (Phi) is 12.4. The van der Waals surface area contributed by atoms with E-state index in [2.05, 4.69) is 66.8 Å². The molecule has 0 aliphatic rings. The fourth-order valence-electron chi connectivity index (χ4n) is 2.91. The standard InChI is InChI=1S/C27H46O5Si/c1-21(2)12-11-13-22(3)14-15-24-25(30-19-28-7)16-23(17-26(24)31-20-29-8)18-32-33(9,10)27(4,5)6/h12,14,16-17H,11,13,15,18-20H2,1-10H3/b22-14+. The van der Waals surface area contributed by atoms with Gasteiger partial charge in [0.15, 0.2) is 21.9 Å². The van der Waals surface area contributed by atoms with Crippen LogP contribution in [0.3, 0.4) is 0 Å². The van der Waals surface area contributed by atoms with Crippen molar-refractivity contribution in [3.8, 4) is 11.5 Å². The van der Waals surface area contributed by atoms with Crippen molar-refractivity contribution in [1.29, 1.82) is 0 Å². The first-order valence-corrected chi connectivity index (χ1v) is 14.6. The smallest absolute Gasteiger partial charge is 0.192 e. The molecule has 0 radical (unpaired) electrons. The third kappa shape index (κ3) is 10.5. The summed E-state index contributed by atoms with van der Waals surface area (Å²) < 4.78 is 28.8. The molecule has 0 aliphatic heterocycles. The zero-order chi connectivity index (χ0) is 25.1. The van der Waals surface area contributed by atoms with Gasteiger partial charge in [0.2, 0.25) is 0 Å². The summed E-state index contributed by atoms with van der Waals surface area (Å²) in [6, 6.07) is 4.10. The van der Waals surface area contributed by atoms with Crippen molar-refractivity contribution in [1.82, 2.24) is 0 Å². The normalized spacial score (nSPS) is 12.6. The molecular weight excluding hydrogens is 432 g/mol.